The van der Waals surface area contributed by atoms with E-state index in [1.165, 1.54) is 0 Å². The van der Waals surface area contributed by atoms with E-state index in [9.17, 15) is 22.8 Å². The summed E-state index contributed by atoms with van der Waals surface area (Å²) in [6, 6.07) is 4.61. The Morgan fingerprint density at radius 1 is 1.28 bits per heavy atom. The molecule has 1 aromatic carbocycles. The highest BCUT2D eigenvalue weighted by atomic mass is 19.4. The van der Waals surface area contributed by atoms with Gasteiger partial charge < -0.3 is 20.2 Å². The zero-order valence-electron chi connectivity index (χ0n) is 13.5. The number of nitrogens with one attached hydrogen (secondary N) is 1. The Kier molecular flexibility index (Phi) is 4.26. The van der Waals surface area contributed by atoms with Crippen LogP contribution in [0.2, 0.25) is 0 Å². The van der Waals surface area contributed by atoms with Crippen LogP contribution in [0.4, 0.5) is 29.3 Å². The van der Waals surface area contributed by atoms with Gasteiger partial charge in [-0.3, -0.25) is 4.79 Å². The summed E-state index contributed by atoms with van der Waals surface area (Å²) in [7, 11) is 1.92. The molecule has 2 amide bonds. The molecule has 0 bridgehead atoms. The molecule has 136 valence electrons. The number of carbonyl (C=O) groups excluding carboxylic acids is 1. The van der Waals surface area contributed by atoms with Crippen LogP contribution in [0.25, 0.3) is 0 Å². The number of amides is 2. The number of likely N-dealkylation sites (tertiary alicyclic amines) is 1. The predicted octanol–water partition coefficient (Wildman–Crippen LogP) is 2.41. The highest BCUT2D eigenvalue weighted by molar-refractivity contribution is 5.91. The smallest absolute Gasteiger partial charge is 0.394 e. The second kappa shape index (κ2) is 6.12. The minimum absolute atomic E-state index is 0.462. The van der Waals surface area contributed by atoms with Gasteiger partial charge in [-0.2, -0.15) is 13.2 Å². The van der Waals surface area contributed by atoms with Crippen molar-refractivity contribution in [3.8, 4) is 0 Å². The maximum Gasteiger partial charge on any atom is 0.394 e. The van der Waals surface area contributed by atoms with Gasteiger partial charge >= 0.3 is 18.2 Å². The van der Waals surface area contributed by atoms with Crippen LogP contribution in [0.5, 0.6) is 0 Å². The van der Waals surface area contributed by atoms with E-state index in [0.717, 1.165) is 29.1 Å². The average Bonchev–Trinajstić information content (AvgIpc) is 3.12. The Morgan fingerprint density at radius 2 is 2.00 bits per heavy atom. The SMILES string of the molecule is CN1CCc2ccc(NC(=O)N3C[C@@H](C(F)(F)F)[C@H](C(=O)O)C3)cc21. The molecule has 1 saturated heterocycles. The zero-order chi connectivity index (χ0) is 18.4. The molecule has 3 rings (SSSR count). The van der Waals surface area contributed by atoms with E-state index >= 15 is 0 Å². The quantitative estimate of drug-likeness (QED) is 0.853. The molecule has 0 radical (unpaired) electrons. The van der Waals surface area contributed by atoms with Crippen LogP contribution in [0, 0.1) is 11.8 Å². The molecular formula is C16H18F3N3O3. The number of hydrogen-bond acceptors (Lipinski definition) is 3. The van der Waals surface area contributed by atoms with Gasteiger partial charge in [0, 0.05) is 38.1 Å². The van der Waals surface area contributed by atoms with Crippen molar-refractivity contribution in [2.75, 3.05) is 36.9 Å². The number of nitrogens with zero attached hydrogens (tertiary/aromatic N) is 2. The molecule has 2 aliphatic rings. The van der Waals surface area contributed by atoms with E-state index in [4.69, 9.17) is 5.11 Å². The summed E-state index contributed by atoms with van der Waals surface area (Å²) < 4.78 is 39.0. The summed E-state index contributed by atoms with van der Waals surface area (Å²) in [4.78, 5) is 26.3. The number of likely N-dealkylation sites (N-methyl/N-ethyl adjacent to an activating group) is 1. The Balaban J connectivity index is 1.72. The van der Waals surface area contributed by atoms with Crippen molar-refractivity contribution in [1.82, 2.24) is 4.90 Å². The molecule has 2 heterocycles. The molecule has 0 aromatic heterocycles. The lowest BCUT2D eigenvalue weighted by Crippen LogP contribution is -2.35. The van der Waals surface area contributed by atoms with Crippen molar-refractivity contribution < 1.29 is 27.9 Å². The normalized spacial score (nSPS) is 22.9. The summed E-state index contributed by atoms with van der Waals surface area (Å²) >= 11 is 0. The van der Waals surface area contributed by atoms with Crippen LogP contribution in [-0.4, -0.2) is 54.9 Å². The van der Waals surface area contributed by atoms with Gasteiger partial charge in [-0.05, 0) is 24.1 Å². The van der Waals surface area contributed by atoms with Crippen molar-refractivity contribution in [3.05, 3.63) is 23.8 Å². The summed E-state index contributed by atoms with van der Waals surface area (Å²) in [6.07, 6.45) is -3.76. The van der Waals surface area contributed by atoms with Crippen LogP contribution in [0.3, 0.4) is 0 Å². The number of carboxylic acids is 1. The Morgan fingerprint density at radius 3 is 2.60 bits per heavy atom. The van der Waals surface area contributed by atoms with E-state index in [0.29, 0.717) is 5.69 Å². The monoisotopic (exact) mass is 357 g/mol. The van der Waals surface area contributed by atoms with Crippen LogP contribution in [-0.2, 0) is 11.2 Å². The van der Waals surface area contributed by atoms with Gasteiger partial charge in [-0.1, -0.05) is 6.07 Å². The van der Waals surface area contributed by atoms with E-state index < -0.39 is 43.1 Å². The molecule has 2 atom stereocenters. The highest BCUT2D eigenvalue weighted by Crippen LogP contribution is 2.38. The summed E-state index contributed by atoms with van der Waals surface area (Å²) in [5.41, 5.74) is 2.58. The molecule has 2 aliphatic heterocycles. The van der Waals surface area contributed by atoms with Crippen LogP contribution < -0.4 is 10.2 Å². The third kappa shape index (κ3) is 3.35. The van der Waals surface area contributed by atoms with Crippen molar-refractivity contribution >= 4 is 23.4 Å². The first-order valence-electron chi connectivity index (χ1n) is 7.86. The lowest BCUT2D eigenvalue weighted by Gasteiger charge is -2.19. The van der Waals surface area contributed by atoms with Crippen LogP contribution in [0.1, 0.15) is 5.56 Å². The first-order chi connectivity index (χ1) is 11.7. The molecule has 0 unspecified atom stereocenters. The first-order valence-corrected chi connectivity index (χ1v) is 7.86. The molecule has 0 aliphatic carbocycles. The maximum atomic E-state index is 13.0. The average molecular weight is 357 g/mol. The van der Waals surface area contributed by atoms with E-state index in [-0.39, 0.29) is 0 Å². The number of carboxylic acid groups (broad SMARTS) is 1. The maximum absolute atomic E-state index is 13.0. The Labute approximate surface area is 142 Å². The molecule has 0 spiro atoms. The zero-order valence-corrected chi connectivity index (χ0v) is 13.5. The van der Waals surface area contributed by atoms with Crippen LogP contribution in [0.15, 0.2) is 18.2 Å². The topological polar surface area (TPSA) is 72.9 Å². The second-order valence-electron chi connectivity index (χ2n) is 6.44. The minimum Gasteiger partial charge on any atom is -0.481 e. The molecule has 25 heavy (non-hydrogen) atoms. The summed E-state index contributed by atoms with van der Waals surface area (Å²) in [5, 5.41) is 11.6. The standard InChI is InChI=1S/C16H18F3N3O3/c1-21-5-4-9-2-3-10(6-13(9)21)20-15(25)22-7-11(14(23)24)12(8-22)16(17,18)19/h2-3,6,11-12H,4-5,7-8H2,1H3,(H,20,25)(H,23,24)/t11-,12-/m1/s1. The second-order valence-corrected chi connectivity index (χ2v) is 6.44. The van der Waals surface area contributed by atoms with Crippen molar-refractivity contribution in [3.63, 3.8) is 0 Å². The number of rotatable bonds is 2. The van der Waals surface area contributed by atoms with Gasteiger partial charge in [0.1, 0.15) is 0 Å². The Bertz CT molecular complexity index is 708. The van der Waals surface area contributed by atoms with Gasteiger partial charge in [-0.15, -0.1) is 0 Å². The fraction of sp³-hybridized carbons (Fsp3) is 0.500. The molecular weight excluding hydrogens is 339 g/mol. The molecule has 1 aromatic rings. The van der Waals surface area contributed by atoms with E-state index in [1.807, 2.05) is 18.0 Å². The summed E-state index contributed by atoms with van der Waals surface area (Å²) in [5.74, 6) is -5.24. The lowest BCUT2D eigenvalue weighted by molar-refractivity contribution is -0.187. The summed E-state index contributed by atoms with van der Waals surface area (Å²) in [6.45, 7) is -0.250. The number of urea groups is 1. The molecule has 6 nitrogen and oxygen atoms in total. The van der Waals surface area contributed by atoms with E-state index in [2.05, 4.69) is 5.32 Å². The number of aliphatic carboxylic acids is 1. The molecule has 0 saturated carbocycles. The number of halogens is 3. The van der Waals surface area contributed by atoms with Gasteiger partial charge in [0.15, 0.2) is 0 Å². The van der Waals surface area contributed by atoms with E-state index in [1.54, 1.807) is 12.1 Å². The number of alkyl halides is 3. The number of fused-ring (bicyclic) bond motifs is 1. The van der Waals surface area contributed by atoms with Crippen molar-refractivity contribution in [2.24, 2.45) is 11.8 Å². The number of benzene rings is 1. The number of anilines is 2. The van der Waals surface area contributed by atoms with Crippen molar-refractivity contribution in [2.45, 2.75) is 12.6 Å². The largest absolute Gasteiger partial charge is 0.481 e. The lowest BCUT2D eigenvalue weighted by atomic mass is 9.96. The third-order valence-electron chi connectivity index (χ3n) is 4.81. The third-order valence-corrected chi connectivity index (χ3v) is 4.81. The first kappa shape index (κ1) is 17.4. The Hall–Kier alpha value is -2.45. The number of carbonyl (C=O) groups is 2. The predicted molar refractivity (Wildman–Crippen MR) is 84.7 cm³/mol. The fourth-order valence-corrected chi connectivity index (χ4v) is 3.37. The minimum atomic E-state index is -4.66. The number of hydrogen-bond donors (Lipinski definition) is 2. The van der Waals surface area contributed by atoms with Gasteiger partial charge in [-0.25, -0.2) is 4.79 Å². The van der Waals surface area contributed by atoms with Crippen molar-refractivity contribution in [1.29, 1.82) is 0 Å². The molecule has 9 heteroatoms. The molecule has 1 fully saturated rings. The van der Waals surface area contributed by atoms with Gasteiger partial charge in [0.25, 0.3) is 0 Å². The highest BCUT2D eigenvalue weighted by Gasteiger charge is 2.53. The fourth-order valence-electron chi connectivity index (χ4n) is 3.37. The van der Waals surface area contributed by atoms with Gasteiger partial charge in [0.2, 0.25) is 0 Å². The van der Waals surface area contributed by atoms with Crippen LogP contribution >= 0.6 is 0 Å². The van der Waals surface area contributed by atoms with Gasteiger partial charge in [0.05, 0.1) is 11.8 Å². The molecule has 2 N–H and O–H groups in total.